The quantitative estimate of drug-likeness (QED) is 0.835. The van der Waals surface area contributed by atoms with E-state index in [4.69, 9.17) is 5.11 Å². The molecule has 1 aliphatic rings. The van der Waals surface area contributed by atoms with E-state index in [9.17, 15) is 9.59 Å². The van der Waals surface area contributed by atoms with Crippen LogP contribution in [0.3, 0.4) is 0 Å². The van der Waals surface area contributed by atoms with Crippen molar-refractivity contribution >= 4 is 23.2 Å². The molecule has 1 amide bonds. The summed E-state index contributed by atoms with van der Waals surface area (Å²) in [5.74, 6) is -0.570. The average molecular weight is 296 g/mol. The maximum Gasteiger partial charge on any atom is 0.303 e. The first-order chi connectivity index (χ1) is 9.63. The van der Waals surface area contributed by atoms with Crippen LogP contribution in [0, 0.1) is 5.92 Å². The highest BCUT2D eigenvalue weighted by Crippen LogP contribution is 2.19. The zero-order chi connectivity index (χ0) is 14.4. The van der Waals surface area contributed by atoms with E-state index in [0.29, 0.717) is 19.6 Å². The number of carboxylic acids is 1. The fraction of sp³-hybridized carbons (Fsp3) is 0.571. The number of nitrogens with zero attached hydrogens (tertiary/aromatic N) is 1. The summed E-state index contributed by atoms with van der Waals surface area (Å²) in [6.45, 7) is 2.52. The predicted octanol–water partition coefficient (Wildman–Crippen LogP) is 1.55. The molecule has 1 aromatic rings. The van der Waals surface area contributed by atoms with Crippen molar-refractivity contribution in [2.24, 2.45) is 5.92 Å². The Morgan fingerprint density at radius 1 is 1.50 bits per heavy atom. The van der Waals surface area contributed by atoms with E-state index < -0.39 is 5.97 Å². The molecular weight excluding hydrogens is 276 g/mol. The van der Waals surface area contributed by atoms with E-state index in [2.05, 4.69) is 10.2 Å². The summed E-state index contributed by atoms with van der Waals surface area (Å²) in [6.07, 6.45) is 2.11. The van der Waals surface area contributed by atoms with Crippen LogP contribution >= 0.6 is 11.3 Å². The number of rotatable bonds is 6. The number of nitrogens with one attached hydrogen (secondary N) is 1. The first-order valence-corrected chi connectivity index (χ1v) is 7.74. The zero-order valence-corrected chi connectivity index (χ0v) is 12.2. The summed E-state index contributed by atoms with van der Waals surface area (Å²) in [5, 5.41) is 13.7. The Balaban J connectivity index is 1.71. The first kappa shape index (κ1) is 15.0. The summed E-state index contributed by atoms with van der Waals surface area (Å²) in [7, 11) is 0. The van der Waals surface area contributed by atoms with Gasteiger partial charge in [-0.15, -0.1) is 11.3 Å². The van der Waals surface area contributed by atoms with Crippen molar-refractivity contribution in [3.63, 3.8) is 0 Å². The highest BCUT2D eigenvalue weighted by molar-refractivity contribution is 7.09. The van der Waals surface area contributed by atoms with Crippen LogP contribution in [0.25, 0.3) is 0 Å². The number of piperidine rings is 1. The van der Waals surface area contributed by atoms with Gasteiger partial charge in [0.25, 0.3) is 0 Å². The third-order valence-electron chi connectivity index (χ3n) is 3.47. The lowest BCUT2D eigenvalue weighted by Gasteiger charge is -2.31. The van der Waals surface area contributed by atoms with Crippen molar-refractivity contribution in [3.8, 4) is 0 Å². The minimum Gasteiger partial charge on any atom is -0.481 e. The van der Waals surface area contributed by atoms with Crippen molar-refractivity contribution < 1.29 is 14.7 Å². The smallest absolute Gasteiger partial charge is 0.303 e. The van der Waals surface area contributed by atoms with Crippen molar-refractivity contribution in [1.29, 1.82) is 0 Å². The molecule has 6 heteroatoms. The minimum absolute atomic E-state index is 0.00868. The SMILES string of the molecule is O=C(O)CC1CCCN(CC(=O)NCc2cccs2)C1. The topological polar surface area (TPSA) is 69.6 Å². The fourth-order valence-corrected chi connectivity index (χ4v) is 3.21. The second kappa shape index (κ2) is 7.40. The molecule has 2 heterocycles. The number of carbonyl (C=O) groups is 2. The molecule has 5 nitrogen and oxygen atoms in total. The van der Waals surface area contributed by atoms with Gasteiger partial charge in [-0.25, -0.2) is 0 Å². The molecule has 1 unspecified atom stereocenters. The largest absolute Gasteiger partial charge is 0.481 e. The Bertz CT molecular complexity index is 447. The molecule has 110 valence electrons. The molecule has 1 aliphatic heterocycles. The van der Waals surface area contributed by atoms with E-state index in [1.165, 1.54) is 0 Å². The Morgan fingerprint density at radius 3 is 3.05 bits per heavy atom. The van der Waals surface area contributed by atoms with Gasteiger partial charge in [0.15, 0.2) is 0 Å². The van der Waals surface area contributed by atoms with Crippen molar-refractivity contribution in [2.45, 2.75) is 25.8 Å². The van der Waals surface area contributed by atoms with Crippen LogP contribution in [0.15, 0.2) is 17.5 Å². The maximum atomic E-state index is 11.9. The molecule has 2 N–H and O–H groups in total. The molecule has 0 saturated carbocycles. The molecular formula is C14H20N2O3S. The number of thiophene rings is 1. The van der Waals surface area contributed by atoms with Gasteiger partial charge >= 0.3 is 5.97 Å². The first-order valence-electron chi connectivity index (χ1n) is 6.86. The van der Waals surface area contributed by atoms with Crippen molar-refractivity contribution in [3.05, 3.63) is 22.4 Å². The van der Waals surface area contributed by atoms with Crippen LogP contribution in [0.5, 0.6) is 0 Å². The molecule has 0 bridgehead atoms. The average Bonchev–Trinajstić information content (AvgIpc) is 2.89. The van der Waals surface area contributed by atoms with Gasteiger partial charge in [0.1, 0.15) is 0 Å². The molecule has 1 atom stereocenters. The molecule has 0 radical (unpaired) electrons. The van der Waals surface area contributed by atoms with Gasteiger partial charge in [-0.1, -0.05) is 6.07 Å². The maximum absolute atomic E-state index is 11.9. The van der Waals surface area contributed by atoms with Gasteiger partial charge in [-0.2, -0.15) is 0 Å². The lowest BCUT2D eigenvalue weighted by atomic mass is 9.95. The number of carbonyl (C=O) groups excluding carboxylic acids is 1. The third kappa shape index (κ3) is 4.94. The van der Waals surface area contributed by atoms with Gasteiger partial charge < -0.3 is 10.4 Å². The van der Waals surface area contributed by atoms with Gasteiger partial charge in [0.05, 0.1) is 13.1 Å². The number of hydrogen-bond acceptors (Lipinski definition) is 4. The summed E-state index contributed by atoms with van der Waals surface area (Å²) < 4.78 is 0. The van der Waals surface area contributed by atoms with Gasteiger partial charge in [0.2, 0.25) is 5.91 Å². The number of likely N-dealkylation sites (tertiary alicyclic amines) is 1. The van der Waals surface area contributed by atoms with E-state index >= 15 is 0 Å². The highest BCUT2D eigenvalue weighted by Gasteiger charge is 2.23. The fourth-order valence-electron chi connectivity index (χ4n) is 2.57. The van der Waals surface area contributed by atoms with Crippen LogP contribution in [0.2, 0.25) is 0 Å². The van der Waals surface area contributed by atoms with Crippen molar-refractivity contribution in [2.75, 3.05) is 19.6 Å². The van der Waals surface area contributed by atoms with Gasteiger partial charge in [-0.3, -0.25) is 14.5 Å². The van der Waals surface area contributed by atoms with Crippen LogP contribution in [0.1, 0.15) is 24.1 Å². The monoisotopic (exact) mass is 296 g/mol. The number of amides is 1. The molecule has 0 aromatic carbocycles. The van der Waals surface area contributed by atoms with E-state index in [1.54, 1.807) is 11.3 Å². The van der Waals surface area contributed by atoms with Crippen LogP contribution < -0.4 is 5.32 Å². The Hall–Kier alpha value is -1.40. The van der Waals surface area contributed by atoms with Gasteiger partial charge in [-0.05, 0) is 36.8 Å². The summed E-state index contributed by atoms with van der Waals surface area (Å²) in [6, 6.07) is 3.96. The second-order valence-electron chi connectivity index (χ2n) is 5.20. The molecule has 0 aliphatic carbocycles. The van der Waals surface area contributed by atoms with Crippen LogP contribution in [-0.2, 0) is 16.1 Å². The molecule has 0 spiro atoms. The minimum atomic E-state index is -0.751. The van der Waals surface area contributed by atoms with E-state index in [-0.39, 0.29) is 18.2 Å². The zero-order valence-electron chi connectivity index (χ0n) is 11.4. The van der Waals surface area contributed by atoms with E-state index in [0.717, 1.165) is 24.3 Å². The van der Waals surface area contributed by atoms with Crippen molar-refractivity contribution in [1.82, 2.24) is 10.2 Å². The summed E-state index contributed by atoms with van der Waals surface area (Å²) in [5.41, 5.74) is 0. The predicted molar refractivity (Wildman–Crippen MR) is 77.6 cm³/mol. The Labute approximate surface area is 122 Å². The van der Waals surface area contributed by atoms with E-state index in [1.807, 2.05) is 17.5 Å². The number of carboxylic acid groups (broad SMARTS) is 1. The molecule has 20 heavy (non-hydrogen) atoms. The lowest BCUT2D eigenvalue weighted by Crippen LogP contribution is -2.42. The Morgan fingerprint density at radius 2 is 2.35 bits per heavy atom. The summed E-state index contributed by atoms with van der Waals surface area (Å²) in [4.78, 5) is 25.8. The molecule has 1 fully saturated rings. The Kier molecular flexibility index (Phi) is 5.55. The molecule has 1 aromatic heterocycles. The highest BCUT2D eigenvalue weighted by atomic mass is 32.1. The number of hydrogen-bond donors (Lipinski definition) is 2. The number of aliphatic carboxylic acids is 1. The van der Waals surface area contributed by atoms with Crippen LogP contribution in [-0.4, -0.2) is 41.5 Å². The normalized spacial score (nSPS) is 19.7. The summed E-state index contributed by atoms with van der Waals surface area (Å²) >= 11 is 1.62. The molecule has 2 rings (SSSR count). The lowest BCUT2D eigenvalue weighted by molar-refractivity contribution is -0.138. The molecule has 1 saturated heterocycles. The van der Waals surface area contributed by atoms with Gasteiger partial charge in [0, 0.05) is 17.8 Å². The second-order valence-corrected chi connectivity index (χ2v) is 6.23. The third-order valence-corrected chi connectivity index (χ3v) is 4.35. The van der Waals surface area contributed by atoms with Crippen LogP contribution in [0.4, 0.5) is 0 Å². The standard InChI is InChI=1S/C14H20N2O3S/c17-13(15-8-12-4-2-6-20-12)10-16-5-1-3-11(9-16)7-14(18)19/h2,4,6,11H,1,3,5,7-10H2,(H,15,17)(H,18,19).